The average Bonchev–Trinajstić information content (AvgIpc) is 3.44. The van der Waals surface area contributed by atoms with Crippen molar-refractivity contribution in [3.8, 4) is 0 Å². The van der Waals surface area contributed by atoms with Crippen molar-refractivity contribution in [1.29, 1.82) is 0 Å². The molecule has 2 aliphatic carbocycles. The van der Waals surface area contributed by atoms with Crippen molar-refractivity contribution in [3.05, 3.63) is 46.5 Å². The van der Waals surface area contributed by atoms with Crippen LogP contribution in [0.4, 0.5) is 11.4 Å². The maximum Gasteiger partial charge on any atom is 0.269 e. The van der Waals surface area contributed by atoms with Gasteiger partial charge in [0.1, 0.15) is 6.54 Å². The van der Waals surface area contributed by atoms with Crippen LogP contribution in [-0.4, -0.2) is 65.2 Å². The quantitative estimate of drug-likeness (QED) is 0.318. The molecule has 1 aromatic rings. The summed E-state index contributed by atoms with van der Waals surface area (Å²) >= 11 is 0. The lowest BCUT2D eigenvalue weighted by Crippen LogP contribution is -2.52. The summed E-state index contributed by atoms with van der Waals surface area (Å²) < 4.78 is 0. The number of rotatable bonds is 4. The van der Waals surface area contributed by atoms with E-state index in [9.17, 15) is 24.5 Å². The number of non-ortho nitro benzene ring substituents is 1. The minimum absolute atomic E-state index is 0.0425. The van der Waals surface area contributed by atoms with Gasteiger partial charge >= 0.3 is 0 Å². The lowest BCUT2D eigenvalue weighted by Gasteiger charge is -2.36. The summed E-state index contributed by atoms with van der Waals surface area (Å²) in [5.74, 6) is -0.873. The van der Waals surface area contributed by atoms with Gasteiger partial charge in [0.2, 0.25) is 17.7 Å². The molecule has 9 nitrogen and oxygen atoms in total. The highest BCUT2D eigenvalue weighted by atomic mass is 16.6. The molecular weight excluding hydrogens is 388 g/mol. The number of amides is 3. The van der Waals surface area contributed by atoms with Crippen LogP contribution in [0.2, 0.25) is 0 Å². The number of nitro benzene ring substituents is 1. The SMILES string of the molecule is O=C(CN1C(=O)C2C3C=CC(C3)C2C1=O)N1CCN(c2ccc([N+](=O)[O-])cc2)CC1. The van der Waals surface area contributed by atoms with Crippen LogP contribution in [0.3, 0.4) is 0 Å². The van der Waals surface area contributed by atoms with E-state index in [1.807, 2.05) is 12.2 Å². The van der Waals surface area contributed by atoms with Crippen LogP contribution in [0.15, 0.2) is 36.4 Å². The molecule has 2 bridgehead atoms. The Morgan fingerprint density at radius 2 is 1.53 bits per heavy atom. The zero-order chi connectivity index (χ0) is 21.0. The molecule has 4 atom stereocenters. The highest BCUT2D eigenvalue weighted by Gasteiger charge is 2.59. The number of likely N-dealkylation sites (tertiary alicyclic amines) is 1. The third-order valence-corrected chi connectivity index (χ3v) is 6.91. The van der Waals surface area contributed by atoms with E-state index in [1.54, 1.807) is 17.0 Å². The minimum Gasteiger partial charge on any atom is -0.368 e. The zero-order valence-corrected chi connectivity index (χ0v) is 16.3. The van der Waals surface area contributed by atoms with E-state index in [4.69, 9.17) is 0 Å². The summed E-state index contributed by atoms with van der Waals surface area (Å²) in [6.45, 7) is 1.95. The Hall–Kier alpha value is -3.23. The van der Waals surface area contributed by atoms with Gasteiger partial charge in [0, 0.05) is 44.0 Å². The first-order chi connectivity index (χ1) is 14.4. The van der Waals surface area contributed by atoms with E-state index < -0.39 is 4.92 Å². The number of carbonyl (C=O) groups excluding carboxylic acids is 3. The highest BCUT2D eigenvalue weighted by molar-refractivity contribution is 6.08. The van der Waals surface area contributed by atoms with Gasteiger partial charge in [0.25, 0.3) is 5.69 Å². The molecule has 5 rings (SSSR count). The molecule has 4 aliphatic rings. The van der Waals surface area contributed by atoms with Crippen molar-refractivity contribution in [3.63, 3.8) is 0 Å². The van der Waals surface area contributed by atoms with Crippen LogP contribution in [0, 0.1) is 33.8 Å². The Bertz CT molecular complexity index is 921. The highest BCUT2D eigenvalue weighted by Crippen LogP contribution is 2.52. The van der Waals surface area contributed by atoms with Crippen molar-refractivity contribution in [1.82, 2.24) is 9.80 Å². The molecule has 9 heteroatoms. The molecule has 2 saturated heterocycles. The molecule has 0 spiro atoms. The van der Waals surface area contributed by atoms with Gasteiger partial charge in [-0.15, -0.1) is 0 Å². The molecule has 1 aromatic carbocycles. The smallest absolute Gasteiger partial charge is 0.269 e. The lowest BCUT2D eigenvalue weighted by atomic mass is 9.85. The van der Waals surface area contributed by atoms with E-state index in [0.29, 0.717) is 26.2 Å². The Labute approximate surface area is 173 Å². The second kappa shape index (κ2) is 6.93. The Morgan fingerprint density at radius 3 is 2.07 bits per heavy atom. The maximum absolute atomic E-state index is 12.8. The van der Waals surface area contributed by atoms with Crippen molar-refractivity contribution in [2.75, 3.05) is 37.6 Å². The number of hydrogen-bond donors (Lipinski definition) is 0. The third-order valence-electron chi connectivity index (χ3n) is 6.91. The van der Waals surface area contributed by atoms with Gasteiger partial charge in [-0.2, -0.15) is 0 Å². The third kappa shape index (κ3) is 2.88. The Balaban J connectivity index is 1.18. The second-order valence-corrected chi connectivity index (χ2v) is 8.40. The van der Waals surface area contributed by atoms with Crippen molar-refractivity contribution in [2.45, 2.75) is 6.42 Å². The minimum atomic E-state index is -0.434. The van der Waals surface area contributed by atoms with Gasteiger partial charge in [0.05, 0.1) is 16.8 Å². The maximum atomic E-state index is 12.8. The molecule has 0 radical (unpaired) electrons. The molecule has 2 aliphatic heterocycles. The van der Waals surface area contributed by atoms with Crippen LogP contribution in [0.25, 0.3) is 0 Å². The Morgan fingerprint density at radius 1 is 0.967 bits per heavy atom. The summed E-state index contributed by atoms with van der Waals surface area (Å²) in [5.41, 5.74) is 0.911. The summed E-state index contributed by atoms with van der Waals surface area (Å²) in [4.78, 5) is 53.6. The number of imide groups is 1. The van der Waals surface area contributed by atoms with Crippen LogP contribution >= 0.6 is 0 Å². The van der Waals surface area contributed by atoms with Crippen LogP contribution in [0.1, 0.15) is 6.42 Å². The Kier molecular flexibility index (Phi) is 4.34. The standard InChI is InChI=1S/C21H22N4O5/c26-17(12-24-20(27)18-13-1-2-14(11-13)19(18)21(24)28)23-9-7-22(8-10-23)15-3-5-16(6-4-15)25(29)30/h1-6,13-14,18-19H,7-12H2. The van der Waals surface area contributed by atoms with Gasteiger partial charge in [-0.05, 0) is 30.4 Å². The largest absolute Gasteiger partial charge is 0.368 e. The van der Waals surface area contributed by atoms with E-state index in [0.717, 1.165) is 12.1 Å². The molecule has 2 heterocycles. The zero-order valence-electron chi connectivity index (χ0n) is 16.3. The topological polar surface area (TPSA) is 104 Å². The average molecular weight is 410 g/mol. The van der Waals surface area contributed by atoms with E-state index in [2.05, 4.69) is 4.90 Å². The number of anilines is 1. The van der Waals surface area contributed by atoms with Gasteiger partial charge in [-0.3, -0.25) is 29.4 Å². The van der Waals surface area contributed by atoms with Gasteiger partial charge in [-0.1, -0.05) is 12.2 Å². The summed E-state index contributed by atoms with van der Waals surface area (Å²) in [6.07, 6.45) is 4.96. The normalized spacial score (nSPS) is 29.7. The molecule has 3 amide bonds. The second-order valence-electron chi connectivity index (χ2n) is 8.40. The predicted molar refractivity (Wildman–Crippen MR) is 106 cm³/mol. The molecule has 1 saturated carbocycles. The van der Waals surface area contributed by atoms with Crippen molar-refractivity contribution < 1.29 is 19.3 Å². The molecule has 3 fully saturated rings. The van der Waals surface area contributed by atoms with Gasteiger partial charge in [0.15, 0.2) is 0 Å². The van der Waals surface area contributed by atoms with Crippen LogP contribution in [0.5, 0.6) is 0 Å². The van der Waals surface area contributed by atoms with Crippen molar-refractivity contribution >= 4 is 29.1 Å². The molecule has 30 heavy (non-hydrogen) atoms. The van der Waals surface area contributed by atoms with Gasteiger partial charge < -0.3 is 9.80 Å². The first kappa shape index (κ1) is 18.8. The molecular formula is C21H22N4O5. The number of hydrogen-bond acceptors (Lipinski definition) is 6. The molecule has 0 aromatic heterocycles. The van der Waals surface area contributed by atoms with E-state index in [1.165, 1.54) is 17.0 Å². The van der Waals surface area contributed by atoms with Crippen LogP contribution < -0.4 is 4.90 Å². The summed E-state index contributed by atoms with van der Waals surface area (Å²) in [7, 11) is 0. The lowest BCUT2D eigenvalue weighted by molar-refractivity contribution is -0.384. The van der Waals surface area contributed by atoms with E-state index >= 15 is 0 Å². The number of allylic oxidation sites excluding steroid dienone is 2. The first-order valence-electron chi connectivity index (χ1n) is 10.2. The van der Waals surface area contributed by atoms with Gasteiger partial charge in [-0.25, -0.2) is 0 Å². The van der Waals surface area contributed by atoms with E-state index in [-0.39, 0.29) is 53.6 Å². The monoisotopic (exact) mass is 410 g/mol. The number of fused-ring (bicyclic) bond motifs is 5. The first-order valence-corrected chi connectivity index (χ1v) is 10.2. The van der Waals surface area contributed by atoms with Crippen molar-refractivity contribution in [2.24, 2.45) is 23.7 Å². The molecule has 156 valence electrons. The predicted octanol–water partition coefficient (Wildman–Crippen LogP) is 1.05. The number of piperazine rings is 1. The molecule has 4 unspecified atom stereocenters. The number of nitro groups is 1. The fourth-order valence-corrected chi connectivity index (χ4v) is 5.35. The fourth-order valence-electron chi connectivity index (χ4n) is 5.35. The summed E-state index contributed by atoms with van der Waals surface area (Å²) in [5, 5.41) is 10.8. The number of carbonyl (C=O) groups is 3. The number of benzene rings is 1. The van der Waals surface area contributed by atoms with Crippen LogP contribution in [-0.2, 0) is 14.4 Å². The number of nitrogens with zero attached hydrogens (tertiary/aromatic N) is 4. The molecule has 0 N–H and O–H groups in total. The fraction of sp³-hybridized carbons (Fsp3) is 0.476. The summed E-state index contributed by atoms with van der Waals surface area (Å²) in [6, 6.07) is 6.35.